The fourth-order valence-corrected chi connectivity index (χ4v) is 2.46. The number of amides is 1. The van der Waals surface area contributed by atoms with Crippen LogP contribution in [-0.2, 0) is 11.3 Å². The Bertz CT molecular complexity index is 749. The lowest BCUT2D eigenvalue weighted by Crippen LogP contribution is -2.29. The maximum atomic E-state index is 11.1. The Morgan fingerprint density at radius 1 is 1.45 bits per heavy atom. The summed E-state index contributed by atoms with van der Waals surface area (Å²) in [6, 6.07) is 5.88. The van der Waals surface area contributed by atoms with Gasteiger partial charge in [0.15, 0.2) is 0 Å². The van der Waals surface area contributed by atoms with E-state index in [0.717, 1.165) is 15.9 Å². The molecule has 2 heterocycles. The summed E-state index contributed by atoms with van der Waals surface area (Å²) in [5, 5.41) is 10.7. The third kappa shape index (κ3) is 2.51. The zero-order chi connectivity index (χ0) is 13.9. The number of nitrogens with zero attached hydrogens (tertiary/aromatic N) is 4. The summed E-state index contributed by atoms with van der Waals surface area (Å²) in [4.78, 5) is 15.3. The fourth-order valence-electron chi connectivity index (χ4n) is 1.75. The van der Waals surface area contributed by atoms with E-state index in [2.05, 4.69) is 20.6 Å². The second kappa shape index (κ2) is 5.35. The van der Waals surface area contributed by atoms with Crippen LogP contribution in [0.5, 0.6) is 0 Å². The second-order valence-electron chi connectivity index (χ2n) is 4.14. The molecule has 0 aliphatic heterocycles. The Hall–Kier alpha value is -2.32. The number of nitrogens with one attached hydrogen (secondary N) is 1. The molecule has 0 fully saturated rings. The van der Waals surface area contributed by atoms with Crippen LogP contribution in [0.3, 0.4) is 0 Å². The highest BCUT2D eigenvalue weighted by molar-refractivity contribution is 7.16. The Morgan fingerprint density at radius 2 is 2.35 bits per heavy atom. The van der Waals surface area contributed by atoms with E-state index < -0.39 is 0 Å². The van der Waals surface area contributed by atoms with Crippen molar-refractivity contribution in [3.8, 4) is 5.69 Å². The fraction of sp³-hybridized carbons (Fsp3) is 0.167. The Kier molecular flexibility index (Phi) is 3.40. The van der Waals surface area contributed by atoms with Gasteiger partial charge in [0.2, 0.25) is 5.91 Å². The molecule has 7 nitrogen and oxygen atoms in total. The van der Waals surface area contributed by atoms with E-state index in [-0.39, 0.29) is 12.5 Å². The molecular weight excluding hydrogens is 276 g/mol. The molecule has 3 N–H and O–H groups in total. The highest BCUT2D eigenvalue weighted by Crippen LogP contribution is 2.20. The van der Waals surface area contributed by atoms with Crippen LogP contribution in [0, 0.1) is 0 Å². The molecule has 0 spiro atoms. The number of nitrogens with two attached hydrogens (primary N) is 1. The third-order valence-electron chi connectivity index (χ3n) is 2.77. The van der Waals surface area contributed by atoms with Gasteiger partial charge in [-0.2, -0.15) is 0 Å². The summed E-state index contributed by atoms with van der Waals surface area (Å²) in [5.74, 6) is -0.217. The van der Waals surface area contributed by atoms with Gasteiger partial charge < -0.3 is 11.1 Å². The van der Waals surface area contributed by atoms with Gasteiger partial charge in [-0.3, -0.25) is 4.79 Å². The van der Waals surface area contributed by atoms with Crippen molar-refractivity contribution in [2.75, 3.05) is 6.54 Å². The first-order valence-electron chi connectivity index (χ1n) is 5.98. The molecule has 0 unspecified atom stereocenters. The van der Waals surface area contributed by atoms with E-state index in [0.29, 0.717) is 12.2 Å². The van der Waals surface area contributed by atoms with Gasteiger partial charge in [0.25, 0.3) is 0 Å². The monoisotopic (exact) mass is 288 g/mol. The van der Waals surface area contributed by atoms with Gasteiger partial charge in [-0.1, -0.05) is 5.21 Å². The first kappa shape index (κ1) is 12.7. The normalized spacial score (nSPS) is 10.8. The van der Waals surface area contributed by atoms with Crippen LogP contribution in [0.15, 0.2) is 29.9 Å². The molecule has 1 aromatic carbocycles. The van der Waals surface area contributed by atoms with E-state index in [1.54, 1.807) is 22.2 Å². The molecule has 0 radical (unpaired) electrons. The minimum atomic E-state index is -0.217. The first-order valence-corrected chi connectivity index (χ1v) is 6.86. The summed E-state index contributed by atoms with van der Waals surface area (Å²) < 4.78 is 2.76. The SMILES string of the molecule is NCC(=O)NCc1cn(-c2ccc3ncsc3c2)nn1. The van der Waals surface area contributed by atoms with Crippen molar-refractivity contribution in [1.29, 1.82) is 0 Å². The van der Waals surface area contributed by atoms with E-state index in [9.17, 15) is 4.79 Å². The summed E-state index contributed by atoms with van der Waals surface area (Å²) in [6.45, 7) is 0.287. The van der Waals surface area contributed by atoms with Crippen LogP contribution in [0.4, 0.5) is 0 Å². The molecule has 0 saturated carbocycles. The van der Waals surface area contributed by atoms with Crippen molar-refractivity contribution < 1.29 is 4.79 Å². The third-order valence-corrected chi connectivity index (χ3v) is 3.56. The van der Waals surface area contributed by atoms with Crippen molar-refractivity contribution in [3.05, 3.63) is 35.6 Å². The van der Waals surface area contributed by atoms with Gasteiger partial charge >= 0.3 is 0 Å². The van der Waals surface area contributed by atoms with Gasteiger partial charge in [0, 0.05) is 0 Å². The minimum Gasteiger partial charge on any atom is -0.349 e. The van der Waals surface area contributed by atoms with Crippen molar-refractivity contribution in [1.82, 2.24) is 25.3 Å². The molecule has 0 aliphatic carbocycles. The molecule has 3 aromatic rings. The Morgan fingerprint density at radius 3 is 3.20 bits per heavy atom. The quantitative estimate of drug-likeness (QED) is 0.726. The molecule has 0 aliphatic rings. The number of carbonyl (C=O) groups excluding carboxylic acids is 1. The summed E-state index contributed by atoms with van der Waals surface area (Å²) in [6.07, 6.45) is 1.78. The van der Waals surface area contributed by atoms with Crippen LogP contribution in [-0.4, -0.2) is 32.4 Å². The number of carbonyl (C=O) groups is 1. The number of fused-ring (bicyclic) bond motifs is 1. The lowest BCUT2D eigenvalue weighted by atomic mass is 10.3. The van der Waals surface area contributed by atoms with Crippen LogP contribution in [0.1, 0.15) is 5.69 Å². The first-order chi connectivity index (χ1) is 9.76. The molecule has 0 saturated heterocycles. The largest absolute Gasteiger partial charge is 0.349 e. The number of hydrogen-bond acceptors (Lipinski definition) is 6. The maximum absolute atomic E-state index is 11.1. The molecule has 2 aromatic heterocycles. The predicted octanol–water partition coefficient (Wildman–Crippen LogP) is 0.452. The highest BCUT2D eigenvalue weighted by atomic mass is 32.1. The van der Waals surface area contributed by atoms with Gasteiger partial charge in [-0.15, -0.1) is 16.4 Å². The second-order valence-corrected chi connectivity index (χ2v) is 5.03. The molecule has 0 bridgehead atoms. The van der Waals surface area contributed by atoms with Crippen molar-refractivity contribution >= 4 is 27.5 Å². The van der Waals surface area contributed by atoms with Crippen LogP contribution < -0.4 is 11.1 Å². The van der Waals surface area contributed by atoms with E-state index in [4.69, 9.17) is 5.73 Å². The van der Waals surface area contributed by atoms with Crippen molar-refractivity contribution in [2.45, 2.75) is 6.54 Å². The van der Waals surface area contributed by atoms with Crippen molar-refractivity contribution in [3.63, 3.8) is 0 Å². The standard InChI is InChI=1S/C12H12N6OS/c13-4-12(19)14-5-8-6-18(17-16-8)9-1-2-10-11(3-9)20-7-15-10/h1-3,6-7H,4-5,13H2,(H,14,19). The number of aromatic nitrogens is 4. The van der Waals surface area contributed by atoms with Crippen LogP contribution in [0.25, 0.3) is 15.9 Å². The smallest absolute Gasteiger partial charge is 0.234 e. The van der Waals surface area contributed by atoms with Gasteiger partial charge in [-0.25, -0.2) is 9.67 Å². The van der Waals surface area contributed by atoms with E-state index in [1.165, 1.54) is 0 Å². The van der Waals surface area contributed by atoms with Crippen LogP contribution in [0.2, 0.25) is 0 Å². The zero-order valence-electron chi connectivity index (χ0n) is 10.5. The predicted molar refractivity (Wildman–Crippen MR) is 75.4 cm³/mol. The maximum Gasteiger partial charge on any atom is 0.234 e. The van der Waals surface area contributed by atoms with E-state index >= 15 is 0 Å². The summed E-state index contributed by atoms with van der Waals surface area (Å²) in [7, 11) is 0. The van der Waals surface area contributed by atoms with Gasteiger partial charge in [0.1, 0.15) is 5.69 Å². The number of rotatable bonds is 4. The molecular formula is C12H12N6OS. The average Bonchev–Trinajstić information content (AvgIpc) is 3.12. The lowest BCUT2D eigenvalue weighted by Gasteiger charge is -2.00. The average molecular weight is 288 g/mol. The molecule has 3 rings (SSSR count). The topological polar surface area (TPSA) is 98.7 Å². The number of hydrogen-bond donors (Lipinski definition) is 2. The van der Waals surface area contributed by atoms with Crippen molar-refractivity contribution in [2.24, 2.45) is 5.73 Å². The van der Waals surface area contributed by atoms with E-state index in [1.807, 2.05) is 23.7 Å². The zero-order valence-corrected chi connectivity index (χ0v) is 11.3. The number of thiazole rings is 1. The Balaban J connectivity index is 1.80. The number of benzene rings is 1. The van der Waals surface area contributed by atoms with Crippen LogP contribution >= 0.6 is 11.3 Å². The molecule has 20 heavy (non-hydrogen) atoms. The summed E-state index contributed by atoms with van der Waals surface area (Å²) >= 11 is 1.58. The summed E-state index contributed by atoms with van der Waals surface area (Å²) in [5.41, 5.74) is 9.58. The van der Waals surface area contributed by atoms with Gasteiger partial charge in [-0.05, 0) is 18.2 Å². The molecule has 8 heteroatoms. The lowest BCUT2D eigenvalue weighted by molar-refractivity contribution is -0.119. The Labute approximate surface area is 118 Å². The molecule has 0 atom stereocenters. The highest BCUT2D eigenvalue weighted by Gasteiger charge is 2.06. The molecule has 1 amide bonds. The van der Waals surface area contributed by atoms with Gasteiger partial charge in [0.05, 0.1) is 40.7 Å². The minimum absolute atomic E-state index is 0.0316. The molecule has 102 valence electrons.